The maximum absolute atomic E-state index is 0. The molecule has 1 radical (unpaired) electrons. The summed E-state index contributed by atoms with van der Waals surface area (Å²) in [7, 11) is 0. The van der Waals surface area contributed by atoms with Crippen molar-refractivity contribution in [3.63, 3.8) is 0 Å². The van der Waals surface area contributed by atoms with Crippen LogP contribution in [0, 0.1) is 0 Å². The van der Waals surface area contributed by atoms with E-state index in [9.17, 15) is 0 Å². The Hall–Kier alpha value is 2.63. The summed E-state index contributed by atoms with van der Waals surface area (Å²) in [5.41, 5.74) is 0. The molecule has 0 aliphatic rings. The van der Waals surface area contributed by atoms with Crippen molar-refractivity contribution in [2.75, 3.05) is 0 Å². The van der Waals surface area contributed by atoms with Crippen LogP contribution in [-0.2, 0) is 38.5 Å². The van der Waals surface area contributed by atoms with E-state index < -0.39 is 0 Å². The predicted octanol–water partition coefficient (Wildman–Crippen LogP) is -1.09. The smallest absolute Gasteiger partial charge is 0.870 e. The van der Waals surface area contributed by atoms with Crippen LogP contribution in [0.1, 0.15) is 0 Å². The molecular formula is H4BaCoO4Ti. The molecule has 0 bridgehead atoms. The molecule has 0 aromatic rings. The van der Waals surface area contributed by atoms with E-state index in [0.717, 1.165) is 0 Å². The zero-order valence-electron chi connectivity index (χ0n) is 3.33. The number of hydrogen-bond acceptors (Lipinski definition) is 4. The molecule has 0 unspecified atom stereocenters. The Kier molecular flexibility index (Phi) is 1070. The van der Waals surface area contributed by atoms with E-state index in [2.05, 4.69) is 0 Å². The molecule has 4 N–H and O–H groups in total. The molecule has 0 fully saturated rings. The van der Waals surface area contributed by atoms with E-state index in [-0.39, 0.29) is 109 Å². The molecule has 0 aliphatic heterocycles. The minimum Gasteiger partial charge on any atom is -0.870 e. The van der Waals surface area contributed by atoms with Crippen molar-refractivity contribution < 1.29 is 60.4 Å². The fourth-order valence-electron chi connectivity index (χ4n) is 0. The van der Waals surface area contributed by atoms with Gasteiger partial charge >= 0.3 is 65.7 Å². The molecule has 0 aromatic heterocycles. The summed E-state index contributed by atoms with van der Waals surface area (Å²) in [6.07, 6.45) is 0. The SMILES string of the molecule is [Ba+2].[Co+2].[OH-].[OH-].[OH-].[OH-].[Ti]. The van der Waals surface area contributed by atoms with Gasteiger partial charge in [0.1, 0.15) is 0 Å². The van der Waals surface area contributed by atoms with Gasteiger partial charge in [-0.2, -0.15) is 0 Å². The van der Waals surface area contributed by atoms with Crippen molar-refractivity contribution in [2.45, 2.75) is 0 Å². The predicted molar refractivity (Wildman–Crippen MR) is 13.5 cm³/mol. The number of rotatable bonds is 0. The van der Waals surface area contributed by atoms with Crippen LogP contribution in [0.4, 0.5) is 0 Å². The van der Waals surface area contributed by atoms with Gasteiger partial charge in [-0.15, -0.1) is 0 Å². The minimum absolute atomic E-state index is 0. The van der Waals surface area contributed by atoms with E-state index in [1.165, 1.54) is 0 Å². The number of hydrogen-bond donors (Lipinski definition) is 0. The first kappa shape index (κ1) is 104. The van der Waals surface area contributed by atoms with Gasteiger partial charge < -0.3 is 21.9 Å². The maximum Gasteiger partial charge on any atom is 2.00 e. The molecule has 0 rings (SSSR count). The van der Waals surface area contributed by atoms with Crippen molar-refractivity contribution >= 4 is 48.9 Å². The van der Waals surface area contributed by atoms with Crippen molar-refractivity contribution in [3.8, 4) is 0 Å². The van der Waals surface area contributed by atoms with Crippen molar-refractivity contribution in [3.05, 3.63) is 0 Å². The van der Waals surface area contributed by atoms with Gasteiger partial charge in [-0.25, -0.2) is 0 Å². The Labute approximate surface area is 107 Å². The third-order valence-corrected chi connectivity index (χ3v) is 0. The molecular weight excluding hydrogens is 308 g/mol. The van der Waals surface area contributed by atoms with Gasteiger partial charge in [0, 0.05) is 21.7 Å². The van der Waals surface area contributed by atoms with Crippen LogP contribution in [-0.4, -0.2) is 70.8 Å². The fourth-order valence-corrected chi connectivity index (χ4v) is 0. The monoisotopic (exact) mass is 313 g/mol. The largest absolute Gasteiger partial charge is 2.00 e. The zero-order chi connectivity index (χ0) is 0. The third-order valence-electron chi connectivity index (χ3n) is 0. The van der Waals surface area contributed by atoms with Crippen molar-refractivity contribution in [2.24, 2.45) is 0 Å². The van der Waals surface area contributed by atoms with E-state index in [4.69, 9.17) is 0 Å². The van der Waals surface area contributed by atoms with Crippen molar-refractivity contribution in [1.29, 1.82) is 0 Å². The second-order valence-corrected chi connectivity index (χ2v) is 0. The molecule has 0 aromatic carbocycles. The third kappa shape index (κ3) is 54.8. The minimum atomic E-state index is 0. The van der Waals surface area contributed by atoms with E-state index in [1.807, 2.05) is 0 Å². The summed E-state index contributed by atoms with van der Waals surface area (Å²) >= 11 is 0. The van der Waals surface area contributed by atoms with Crippen molar-refractivity contribution in [1.82, 2.24) is 0 Å². The molecule has 0 atom stereocenters. The molecule has 0 saturated carbocycles. The van der Waals surface area contributed by atoms with Crippen LogP contribution in [0.15, 0.2) is 0 Å². The molecule has 0 spiro atoms. The molecule has 4 nitrogen and oxygen atoms in total. The van der Waals surface area contributed by atoms with Gasteiger partial charge in [-0.05, 0) is 0 Å². The van der Waals surface area contributed by atoms with E-state index in [0.29, 0.717) is 0 Å². The molecule has 7 heavy (non-hydrogen) atoms. The van der Waals surface area contributed by atoms with Gasteiger partial charge in [0.15, 0.2) is 0 Å². The standard InChI is InChI=1S/Ba.Co.4H2O.Ti/h;;4*1H2;/q2*+2;;;;;/p-4. The Bertz CT molecular complexity index is 11.7. The Balaban J connectivity index is 0. The average Bonchev–Trinajstić information content (AvgIpc) is 0. The average molecular weight is 312 g/mol. The Morgan fingerprint density at radius 2 is 0.571 bits per heavy atom. The van der Waals surface area contributed by atoms with Crippen LogP contribution < -0.4 is 0 Å². The molecule has 7 heteroatoms. The van der Waals surface area contributed by atoms with E-state index >= 15 is 0 Å². The first-order valence-corrected chi connectivity index (χ1v) is 0. The fraction of sp³-hybridized carbons (Fsp3) is 0. The molecule has 43 valence electrons. The van der Waals surface area contributed by atoms with Gasteiger partial charge in [0.05, 0.1) is 0 Å². The molecule has 0 aliphatic carbocycles. The summed E-state index contributed by atoms with van der Waals surface area (Å²) in [4.78, 5) is 0. The normalized spacial score (nSPS) is 0. The second-order valence-electron chi connectivity index (χ2n) is 0. The van der Waals surface area contributed by atoms with Gasteiger partial charge in [-0.3, -0.25) is 0 Å². The quantitative estimate of drug-likeness (QED) is 0.527. The van der Waals surface area contributed by atoms with Gasteiger partial charge in [0.25, 0.3) is 0 Å². The van der Waals surface area contributed by atoms with E-state index in [1.54, 1.807) is 0 Å². The topological polar surface area (TPSA) is 120 Å². The Morgan fingerprint density at radius 3 is 0.571 bits per heavy atom. The van der Waals surface area contributed by atoms with Gasteiger partial charge in [0.2, 0.25) is 0 Å². The van der Waals surface area contributed by atoms with Gasteiger partial charge in [-0.1, -0.05) is 0 Å². The van der Waals surface area contributed by atoms with Crippen LogP contribution in [0.25, 0.3) is 0 Å². The van der Waals surface area contributed by atoms with Crippen LogP contribution >= 0.6 is 0 Å². The summed E-state index contributed by atoms with van der Waals surface area (Å²) in [5, 5.41) is 0. The zero-order valence-corrected chi connectivity index (χ0v) is 10.4. The molecule has 0 amide bonds. The Morgan fingerprint density at radius 1 is 0.571 bits per heavy atom. The second kappa shape index (κ2) is 72.6. The molecule has 0 heterocycles. The summed E-state index contributed by atoms with van der Waals surface area (Å²) in [6, 6.07) is 0. The summed E-state index contributed by atoms with van der Waals surface area (Å²) in [5.74, 6) is 0. The van der Waals surface area contributed by atoms with Crippen LogP contribution in [0.3, 0.4) is 0 Å². The van der Waals surface area contributed by atoms with Crippen LogP contribution in [0.2, 0.25) is 0 Å². The first-order chi connectivity index (χ1) is 0. The molecule has 0 saturated heterocycles. The van der Waals surface area contributed by atoms with Crippen LogP contribution in [0.5, 0.6) is 0 Å². The summed E-state index contributed by atoms with van der Waals surface area (Å²) < 4.78 is 0. The first-order valence-electron chi connectivity index (χ1n) is 0. The maximum atomic E-state index is 0. The summed E-state index contributed by atoms with van der Waals surface area (Å²) in [6.45, 7) is 0.